The van der Waals surface area contributed by atoms with Gasteiger partial charge in [-0.05, 0) is 42.8 Å². The third-order valence-corrected chi connectivity index (χ3v) is 5.78. The number of aryl methyl sites for hydroxylation is 1. The van der Waals surface area contributed by atoms with E-state index >= 15 is 0 Å². The maximum atomic E-state index is 12.6. The Bertz CT molecular complexity index is 984. The number of aromatic nitrogens is 4. The van der Waals surface area contributed by atoms with Gasteiger partial charge in [-0.15, -0.1) is 10.2 Å². The third-order valence-electron chi connectivity index (χ3n) is 5.55. The van der Waals surface area contributed by atoms with E-state index in [-0.39, 0.29) is 5.91 Å². The van der Waals surface area contributed by atoms with Crippen molar-refractivity contribution >= 4 is 17.5 Å². The third kappa shape index (κ3) is 5.89. The number of hydrogen-bond acceptors (Lipinski definition) is 5. The standard InChI is InChI=1S/C23H27ClN6O/c24-21-11-7-10-20(18-21)23(31)29-16-14-28(15-17-29)12-5-2-6-13-30-26-22(25-27-30)19-8-3-1-4-9-19/h1,3-4,7-11,18H,2,5-6,12-17H2. The molecular weight excluding hydrogens is 412 g/mol. The largest absolute Gasteiger partial charge is 0.336 e. The molecule has 31 heavy (non-hydrogen) atoms. The van der Waals surface area contributed by atoms with Crippen LogP contribution in [0.15, 0.2) is 54.6 Å². The second-order valence-electron chi connectivity index (χ2n) is 7.78. The Labute approximate surface area is 187 Å². The lowest BCUT2D eigenvalue weighted by Crippen LogP contribution is -2.48. The number of benzene rings is 2. The Kier molecular flexibility index (Phi) is 7.27. The zero-order chi connectivity index (χ0) is 21.5. The van der Waals surface area contributed by atoms with Crippen LogP contribution in [0, 0.1) is 0 Å². The van der Waals surface area contributed by atoms with E-state index in [0.29, 0.717) is 16.4 Å². The number of unbranched alkanes of at least 4 members (excludes halogenated alkanes) is 2. The van der Waals surface area contributed by atoms with E-state index in [9.17, 15) is 4.79 Å². The maximum absolute atomic E-state index is 12.6. The first-order valence-corrected chi connectivity index (χ1v) is 11.2. The van der Waals surface area contributed by atoms with Crippen LogP contribution < -0.4 is 0 Å². The van der Waals surface area contributed by atoms with Gasteiger partial charge in [0.2, 0.25) is 5.82 Å². The number of carbonyl (C=O) groups is 1. The van der Waals surface area contributed by atoms with Crippen LogP contribution in [0.2, 0.25) is 5.02 Å². The smallest absolute Gasteiger partial charge is 0.253 e. The van der Waals surface area contributed by atoms with Crippen molar-refractivity contribution in [3.63, 3.8) is 0 Å². The molecule has 1 aliphatic heterocycles. The van der Waals surface area contributed by atoms with Gasteiger partial charge in [-0.3, -0.25) is 9.69 Å². The number of halogens is 1. The highest BCUT2D eigenvalue weighted by Gasteiger charge is 2.21. The molecule has 3 aromatic rings. The minimum Gasteiger partial charge on any atom is -0.336 e. The number of tetrazole rings is 1. The van der Waals surface area contributed by atoms with E-state index in [1.807, 2.05) is 47.4 Å². The molecule has 2 heterocycles. The molecular formula is C23H27ClN6O. The van der Waals surface area contributed by atoms with Gasteiger partial charge in [-0.1, -0.05) is 54.4 Å². The van der Waals surface area contributed by atoms with Gasteiger partial charge in [0.1, 0.15) is 0 Å². The van der Waals surface area contributed by atoms with Crippen LogP contribution in [0.3, 0.4) is 0 Å². The molecule has 0 atom stereocenters. The van der Waals surface area contributed by atoms with Crippen LogP contribution >= 0.6 is 11.6 Å². The molecule has 1 aromatic heterocycles. The fourth-order valence-electron chi connectivity index (χ4n) is 3.78. The Balaban J connectivity index is 1.13. The van der Waals surface area contributed by atoms with Crippen LogP contribution in [0.4, 0.5) is 0 Å². The van der Waals surface area contributed by atoms with Gasteiger partial charge in [0, 0.05) is 42.3 Å². The minimum atomic E-state index is 0.0670. The van der Waals surface area contributed by atoms with Crippen molar-refractivity contribution in [3.8, 4) is 11.4 Å². The summed E-state index contributed by atoms with van der Waals surface area (Å²) in [4.78, 5) is 18.7. The monoisotopic (exact) mass is 438 g/mol. The fraction of sp³-hybridized carbons (Fsp3) is 0.391. The van der Waals surface area contributed by atoms with Crippen molar-refractivity contribution in [1.82, 2.24) is 30.0 Å². The summed E-state index contributed by atoms with van der Waals surface area (Å²) in [6, 6.07) is 17.1. The Morgan fingerprint density at radius 1 is 0.903 bits per heavy atom. The molecule has 1 saturated heterocycles. The lowest BCUT2D eigenvalue weighted by atomic mass is 10.1. The fourth-order valence-corrected chi connectivity index (χ4v) is 3.98. The lowest BCUT2D eigenvalue weighted by Gasteiger charge is -2.34. The quantitative estimate of drug-likeness (QED) is 0.502. The maximum Gasteiger partial charge on any atom is 0.253 e. The van der Waals surface area contributed by atoms with Crippen LogP contribution in [0.25, 0.3) is 11.4 Å². The number of piperazine rings is 1. The van der Waals surface area contributed by atoms with E-state index in [4.69, 9.17) is 11.6 Å². The van der Waals surface area contributed by atoms with E-state index in [1.54, 1.807) is 16.9 Å². The van der Waals surface area contributed by atoms with E-state index in [0.717, 1.165) is 64.1 Å². The van der Waals surface area contributed by atoms with Crippen LogP contribution in [-0.4, -0.2) is 68.6 Å². The van der Waals surface area contributed by atoms with Gasteiger partial charge in [0.25, 0.3) is 5.91 Å². The summed E-state index contributed by atoms with van der Waals surface area (Å²) < 4.78 is 0. The normalized spacial score (nSPS) is 14.7. The molecule has 2 aromatic carbocycles. The highest BCUT2D eigenvalue weighted by Crippen LogP contribution is 2.15. The molecule has 1 fully saturated rings. The molecule has 1 amide bonds. The zero-order valence-electron chi connectivity index (χ0n) is 17.5. The first-order chi connectivity index (χ1) is 15.2. The number of carbonyl (C=O) groups excluding carboxylic acids is 1. The zero-order valence-corrected chi connectivity index (χ0v) is 18.3. The average molecular weight is 439 g/mol. The number of hydrogen-bond donors (Lipinski definition) is 0. The predicted molar refractivity (Wildman–Crippen MR) is 121 cm³/mol. The summed E-state index contributed by atoms with van der Waals surface area (Å²) >= 11 is 6.01. The summed E-state index contributed by atoms with van der Waals surface area (Å²) in [5, 5.41) is 13.4. The molecule has 0 radical (unpaired) electrons. The van der Waals surface area contributed by atoms with Gasteiger partial charge in [0.15, 0.2) is 0 Å². The van der Waals surface area contributed by atoms with Crippen molar-refractivity contribution in [1.29, 1.82) is 0 Å². The van der Waals surface area contributed by atoms with Crippen LogP contribution in [0.1, 0.15) is 29.6 Å². The summed E-state index contributed by atoms with van der Waals surface area (Å²) in [6.07, 6.45) is 3.27. The summed E-state index contributed by atoms with van der Waals surface area (Å²) in [5.74, 6) is 0.739. The highest BCUT2D eigenvalue weighted by molar-refractivity contribution is 6.30. The van der Waals surface area contributed by atoms with Crippen molar-refractivity contribution < 1.29 is 4.79 Å². The average Bonchev–Trinajstić information content (AvgIpc) is 3.28. The molecule has 1 aliphatic rings. The lowest BCUT2D eigenvalue weighted by molar-refractivity contribution is 0.0635. The molecule has 0 N–H and O–H groups in total. The van der Waals surface area contributed by atoms with Gasteiger partial charge in [-0.25, -0.2) is 0 Å². The number of rotatable bonds is 8. The Morgan fingerprint density at radius 2 is 1.68 bits per heavy atom. The second-order valence-corrected chi connectivity index (χ2v) is 8.22. The van der Waals surface area contributed by atoms with Gasteiger partial charge < -0.3 is 4.90 Å². The van der Waals surface area contributed by atoms with Gasteiger partial charge in [0.05, 0.1) is 6.54 Å². The van der Waals surface area contributed by atoms with Crippen molar-refractivity contribution in [2.75, 3.05) is 32.7 Å². The van der Waals surface area contributed by atoms with Crippen molar-refractivity contribution in [2.45, 2.75) is 25.8 Å². The summed E-state index contributed by atoms with van der Waals surface area (Å²) in [5.41, 5.74) is 1.65. The number of nitrogens with zero attached hydrogens (tertiary/aromatic N) is 6. The highest BCUT2D eigenvalue weighted by atomic mass is 35.5. The second kappa shape index (κ2) is 10.5. The topological polar surface area (TPSA) is 67.2 Å². The molecule has 0 bridgehead atoms. The SMILES string of the molecule is O=C(c1cccc(Cl)c1)N1CCN(CCCCCn2nnc(-c3ccccc3)n2)CC1. The van der Waals surface area contributed by atoms with Gasteiger partial charge >= 0.3 is 0 Å². The Morgan fingerprint density at radius 3 is 2.45 bits per heavy atom. The molecule has 4 rings (SSSR count). The molecule has 0 unspecified atom stereocenters. The molecule has 8 heteroatoms. The Hall–Kier alpha value is -2.77. The van der Waals surface area contributed by atoms with E-state index in [2.05, 4.69) is 20.3 Å². The summed E-state index contributed by atoms with van der Waals surface area (Å²) in [7, 11) is 0. The minimum absolute atomic E-state index is 0.0670. The van der Waals surface area contributed by atoms with Crippen molar-refractivity contribution in [2.24, 2.45) is 0 Å². The number of amides is 1. The van der Waals surface area contributed by atoms with Gasteiger partial charge in [-0.2, -0.15) is 4.80 Å². The van der Waals surface area contributed by atoms with Crippen LogP contribution in [0.5, 0.6) is 0 Å². The first kappa shape index (κ1) is 21.5. The molecule has 0 aliphatic carbocycles. The van der Waals surface area contributed by atoms with E-state index < -0.39 is 0 Å². The predicted octanol–water partition coefficient (Wildman–Crippen LogP) is 3.62. The molecule has 7 nitrogen and oxygen atoms in total. The van der Waals surface area contributed by atoms with Crippen molar-refractivity contribution in [3.05, 3.63) is 65.2 Å². The molecule has 0 spiro atoms. The van der Waals surface area contributed by atoms with Crippen LogP contribution in [-0.2, 0) is 6.54 Å². The molecule has 162 valence electrons. The first-order valence-electron chi connectivity index (χ1n) is 10.8. The summed E-state index contributed by atoms with van der Waals surface area (Å²) in [6.45, 7) is 5.18. The molecule has 0 saturated carbocycles. The van der Waals surface area contributed by atoms with E-state index in [1.165, 1.54) is 0 Å².